The van der Waals surface area contributed by atoms with Crippen LogP contribution in [0, 0.1) is 12.8 Å². The van der Waals surface area contributed by atoms with E-state index in [9.17, 15) is 9.59 Å². The van der Waals surface area contributed by atoms with Crippen molar-refractivity contribution in [3.8, 4) is 0 Å². The second-order valence-corrected chi connectivity index (χ2v) is 5.23. The largest absolute Gasteiger partial charge is 0.481 e. The first-order chi connectivity index (χ1) is 9.54. The molecule has 1 fully saturated rings. The molecule has 1 saturated heterocycles. The fourth-order valence-electron chi connectivity index (χ4n) is 2.57. The molecule has 1 aromatic heterocycles. The summed E-state index contributed by atoms with van der Waals surface area (Å²) in [7, 11) is 0. The Morgan fingerprint density at radius 1 is 1.35 bits per heavy atom. The molecule has 1 aliphatic rings. The lowest BCUT2D eigenvalue weighted by Gasteiger charge is -2.13. The Kier molecular flexibility index (Phi) is 2.97. The fourth-order valence-corrected chi connectivity index (χ4v) is 2.57. The van der Waals surface area contributed by atoms with Crippen LogP contribution in [-0.4, -0.2) is 35.0 Å². The molecule has 0 bridgehead atoms. The Morgan fingerprint density at radius 3 is 2.85 bits per heavy atom. The third-order valence-electron chi connectivity index (χ3n) is 3.71. The van der Waals surface area contributed by atoms with Gasteiger partial charge in [0.25, 0.3) is 5.91 Å². The molecular formula is C15H15NO4. The molecule has 1 atom stereocenters. The van der Waals surface area contributed by atoms with Crippen molar-refractivity contribution in [2.75, 3.05) is 13.1 Å². The summed E-state index contributed by atoms with van der Waals surface area (Å²) in [4.78, 5) is 24.8. The van der Waals surface area contributed by atoms with Gasteiger partial charge in [0.15, 0.2) is 5.76 Å². The normalized spacial score (nSPS) is 18.6. The highest BCUT2D eigenvalue weighted by molar-refractivity contribution is 5.96. The van der Waals surface area contributed by atoms with Crippen molar-refractivity contribution in [1.29, 1.82) is 0 Å². The predicted molar refractivity (Wildman–Crippen MR) is 72.6 cm³/mol. The van der Waals surface area contributed by atoms with Gasteiger partial charge in [0.1, 0.15) is 5.58 Å². The summed E-state index contributed by atoms with van der Waals surface area (Å²) in [6.45, 7) is 2.70. The number of aliphatic carboxylic acids is 1. The molecule has 0 aliphatic carbocycles. The molecule has 1 aromatic carbocycles. The smallest absolute Gasteiger partial charge is 0.308 e. The lowest BCUT2D eigenvalue weighted by Crippen LogP contribution is -2.29. The van der Waals surface area contributed by atoms with Gasteiger partial charge in [-0.25, -0.2) is 0 Å². The van der Waals surface area contributed by atoms with Crippen molar-refractivity contribution in [2.45, 2.75) is 13.3 Å². The van der Waals surface area contributed by atoms with Gasteiger partial charge < -0.3 is 14.4 Å². The number of carboxylic acids is 1. The fraction of sp³-hybridized carbons (Fsp3) is 0.333. The summed E-state index contributed by atoms with van der Waals surface area (Å²) in [5.74, 6) is -1.27. The number of carbonyl (C=O) groups excluding carboxylic acids is 1. The number of fused-ring (bicyclic) bond motifs is 1. The minimum Gasteiger partial charge on any atom is -0.481 e. The zero-order chi connectivity index (χ0) is 14.3. The van der Waals surface area contributed by atoms with Crippen LogP contribution in [0.25, 0.3) is 11.0 Å². The maximum Gasteiger partial charge on any atom is 0.308 e. The quantitative estimate of drug-likeness (QED) is 0.911. The van der Waals surface area contributed by atoms with Crippen molar-refractivity contribution in [1.82, 2.24) is 4.90 Å². The van der Waals surface area contributed by atoms with Gasteiger partial charge in [0.2, 0.25) is 0 Å². The van der Waals surface area contributed by atoms with Crippen LogP contribution in [0.15, 0.2) is 28.7 Å². The highest BCUT2D eigenvalue weighted by atomic mass is 16.4. The molecule has 3 rings (SSSR count). The van der Waals surface area contributed by atoms with Crippen molar-refractivity contribution in [2.24, 2.45) is 5.92 Å². The predicted octanol–water partition coefficient (Wildman–Crippen LogP) is 2.29. The molecule has 1 N–H and O–H groups in total. The summed E-state index contributed by atoms with van der Waals surface area (Å²) < 4.78 is 5.55. The van der Waals surface area contributed by atoms with Gasteiger partial charge in [0.05, 0.1) is 5.92 Å². The van der Waals surface area contributed by atoms with E-state index >= 15 is 0 Å². The van der Waals surface area contributed by atoms with Crippen LogP contribution in [-0.2, 0) is 4.79 Å². The van der Waals surface area contributed by atoms with E-state index in [4.69, 9.17) is 9.52 Å². The Morgan fingerprint density at radius 2 is 2.15 bits per heavy atom. The van der Waals surface area contributed by atoms with Gasteiger partial charge in [-0.15, -0.1) is 0 Å². The highest BCUT2D eigenvalue weighted by Crippen LogP contribution is 2.24. The molecule has 1 amide bonds. The molecule has 1 aliphatic heterocycles. The molecule has 5 heteroatoms. The maximum absolute atomic E-state index is 12.3. The zero-order valence-corrected chi connectivity index (χ0v) is 11.1. The van der Waals surface area contributed by atoms with Gasteiger partial charge in [-0.2, -0.15) is 0 Å². The van der Waals surface area contributed by atoms with E-state index in [1.165, 1.54) is 0 Å². The zero-order valence-electron chi connectivity index (χ0n) is 11.1. The van der Waals surface area contributed by atoms with Crippen molar-refractivity contribution >= 4 is 22.8 Å². The summed E-state index contributed by atoms with van der Waals surface area (Å²) in [6, 6.07) is 7.44. The number of amides is 1. The van der Waals surface area contributed by atoms with Crippen LogP contribution in [0.4, 0.5) is 0 Å². The first kappa shape index (κ1) is 12.7. The third-order valence-corrected chi connectivity index (χ3v) is 3.71. The van der Waals surface area contributed by atoms with Crippen LogP contribution in [0.3, 0.4) is 0 Å². The van der Waals surface area contributed by atoms with Gasteiger partial charge in [-0.3, -0.25) is 9.59 Å². The first-order valence-corrected chi connectivity index (χ1v) is 6.57. The number of rotatable bonds is 2. The average molecular weight is 273 g/mol. The van der Waals surface area contributed by atoms with Crippen LogP contribution in [0.5, 0.6) is 0 Å². The molecule has 20 heavy (non-hydrogen) atoms. The van der Waals surface area contributed by atoms with Crippen molar-refractivity contribution < 1.29 is 19.1 Å². The van der Waals surface area contributed by atoms with E-state index in [1.807, 2.05) is 25.1 Å². The monoisotopic (exact) mass is 273 g/mol. The minimum atomic E-state index is -0.847. The number of aryl methyl sites for hydroxylation is 1. The topological polar surface area (TPSA) is 70.8 Å². The SMILES string of the molecule is Cc1ccc2oc(C(=O)N3CCC(C(=O)O)C3)cc2c1. The van der Waals surface area contributed by atoms with E-state index in [1.54, 1.807) is 11.0 Å². The van der Waals surface area contributed by atoms with Crippen LogP contribution in [0.2, 0.25) is 0 Å². The highest BCUT2D eigenvalue weighted by Gasteiger charge is 2.32. The summed E-state index contributed by atoms with van der Waals surface area (Å²) >= 11 is 0. The number of hydrogen-bond donors (Lipinski definition) is 1. The summed E-state index contributed by atoms with van der Waals surface area (Å²) in [5, 5.41) is 9.86. The third kappa shape index (κ3) is 2.15. The standard InChI is InChI=1S/C15H15NO4/c1-9-2-3-12-11(6-9)7-13(20-12)14(17)16-5-4-10(8-16)15(18)19/h2-3,6-7,10H,4-5,8H2,1H3,(H,18,19). The van der Waals surface area contributed by atoms with Gasteiger partial charge in [-0.05, 0) is 31.5 Å². The molecule has 0 radical (unpaired) electrons. The Bertz CT molecular complexity index is 688. The number of nitrogens with zero attached hydrogens (tertiary/aromatic N) is 1. The van der Waals surface area contributed by atoms with Gasteiger partial charge >= 0.3 is 5.97 Å². The number of benzene rings is 1. The molecule has 0 spiro atoms. The van der Waals surface area contributed by atoms with Crippen molar-refractivity contribution in [3.63, 3.8) is 0 Å². The van der Waals surface area contributed by atoms with Gasteiger partial charge in [0, 0.05) is 18.5 Å². The van der Waals surface area contributed by atoms with E-state index in [0.29, 0.717) is 18.5 Å². The molecule has 104 valence electrons. The van der Waals surface area contributed by atoms with E-state index in [2.05, 4.69) is 0 Å². The Hall–Kier alpha value is -2.30. The van der Waals surface area contributed by atoms with E-state index < -0.39 is 11.9 Å². The molecule has 2 aromatic rings. The second kappa shape index (κ2) is 4.67. The van der Waals surface area contributed by atoms with Crippen LogP contribution >= 0.6 is 0 Å². The number of hydrogen-bond acceptors (Lipinski definition) is 3. The molecular weight excluding hydrogens is 258 g/mol. The van der Waals surface area contributed by atoms with Gasteiger partial charge in [-0.1, -0.05) is 11.6 Å². The number of furan rings is 1. The second-order valence-electron chi connectivity index (χ2n) is 5.23. The minimum absolute atomic E-state index is 0.234. The molecule has 1 unspecified atom stereocenters. The average Bonchev–Trinajstić information content (AvgIpc) is 3.03. The van der Waals surface area contributed by atoms with Crippen LogP contribution in [0.1, 0.15) is 22.5 Å². The lowest BCUT2D eigenvalue weighted by molar-refractivity contribution is -0.141. The number of carbonyl (C=O) groups is 2. The maximum atomic E-state index is 12.3. The van der Waals surface area contributed by atoms with Crippen molar-refractivity contribution in [3.05, 3.63) is 35.6 Å². The van der Waals surface area contributed by atoms with E-state index in [0.717, 1.165) is 10.9 Å². The van der Waals surface area contributed by atoms with E-state index in [-0.39, 0.29) is 18.2 Å². The summed E-state index contributed by atoms with van der Waals surface area (Å²) in [6.07, 6.45) is 0.500. The summed E-state index contributed by atoms with van der Waals surface area (Å²) in [5.41, 5.74) is 1.78. The molecule has 2 heterocycles. The Balaban J connectivity index is 1.84. The Labute approximate surface area is 115 Å². The molecule has 0 saturated carbocycles. The van der Waals surface area contributed by atoms with Crippen LogP contribution < -0.4 is 0 Å². The lowest BCUT2D eigenvalue weighted by atomic mass is 10.1. The first-order valence-electron chi connectivity index (χ1n) is 6.57. The number of carboxylic acid groups (broad SMARTS) is 1. The number of likely N-dealkylation sites (tertiary alicyclic amines) is 1. The molecule has 5 nitrogen and oxygen atoms in total.